The molecule has 0 radical (unpaired) electrons. The van der Waals surface area contributed by atoms with E-state index in [1.54, 1.807) is 0 Å². The number of aromatic nitrogens is 2. The van der Waals surface area contributed by atoms with E-state index < -0.39 is 0 Å². The van der Waals surface area contributed by atoms with Gasteiger partial charge in [-0.2, -0.15) is 0 Å². The zero-order chi connectivity index (χ0) is 8.72. The van der Waals surface area contributed by atoms with E-state index in [-0.39, 0.29) is 0 Å². The van der Waals surface area contributed by atoms with E-state index in [4.69, 9.17) is 4.52 Å². The standard InChI is InChI=1S/C8H7BrN2O/c1-4-3-5(2)10-8-6(4)7(9)11-12-8/h3H,1-2H3. The molecule has 12 heavy (non-hydrogen) atoms. The summed E-state index contributed by atoms with van der Waals surface area (Å²) >= 11 is 3.30. The van der Waals surface area contributed by atoms with Crippen molar-refractivity contribution in [1.82, 2.24) is 10.1 Å². The predicted octanol–water partition coefficient (Wildman–Crippen LogP) is 2.60. The van der Waals surface area contributed by atoms with E-state index in [9.17, 15) is 0 Å². The van der Waals surface area contributed by atoms with Gasteiger partial charge in [0.25, 0.3) is 5.71 Å². The Morgan fingerprint density at radius 2 is 2.17 bits per heavy atom. The molecule has 0 spiro atoms. The summed E-state index contributed by atoms with van der Waals surface area (Å²) in [7, 11) is 0. The van der Waals surface area contributed by atoms with Crippen LogP contribution in [0.2, 0.25) is 0 Å². The number of halogens is 1. The van der Waals surface area contributed by atoms with Crippen molar-refractivity contribution in [2.24, 2.45) is 0 Å². The molecule has 62 valence electrons. The van der Waals surface area contributed by atoms with Crippen LogP contribution >= 0.6 is 15.9 Å². The second kappa shape index (κ2) is 2.55. The number of aryl methyl sites for hydroxylation is 2. The van der Waals surface area contributed by atoms with Gasteiger partial charge >= 0.3 is 0 Å². The van der Waals surface area contributed by atoms with Crippen LogP contribution in [0.3, 0.4) is 0 Å². The van der Waals surface area contributed by atoms with Crippen LogP contribution in [0.25, 0.3) is 11.1 Å². The number of fused-ring (bicyclic) bond motifs is 1. The summed E-state index contributed by atoms with van der Waals surface area (Å²) in [5, 5.41) is 4.74. The normalized spacial score (nSPS) is 10.9. The monoisotopic (exact) mass is 226 g/mol. The maximum absolute atomic E-state index is 5.00. The molecular weight excluding hydrogens is 220 g/mol. The van der Waals surface area contributed by atoms with Crippen molar-refractivity contribution in [3.8, 4) is 0 Å². The van der Waals surface area contributed by atoms with Crippen molar-refractivity contribution in [3.63, 3.8) is 0 Å². The quantitative estimate of drug-likeness (QED) is 0.694. The topological polar surface area (TPSA) is 38.9 Å². The Morgan fingerprint density at radius 1 is 1.42 bits per heavy atom. The number of nitrogens with zero attached hydrogens (tertiary/aromatic N) is 2. The molecular formula is C8H7BrN2O. The average Bonchev–Trinajstić information content (AvgIpc) is 2.31. The lowest BCUT2D eigenvalue weighted by Crippen LogP contribution is -1.83. The largest absolute Gasteiger partial charge is 0.335 e. The van der Waals surface area contributed by atoms with E-state index in [1.165, 1.54) is 0 Å². The molecule has 3 nitrogen and oxygen atoms in total. The van der Waals surface area contributed by atoms with Crippen LogP contribution < -0.4 is 0 Å². The molecule has 0 saturated carbocycles. The van der Waals surface area contributed by atoms with Gasteiger partial charge in [-0.25, -0.2) is 4.98 Å². The van der Waals surface area contributed by atoms with E-state index in [0.29, 0.717) is 5.71 Å². The van der Waals surface area contributed by atoms with Crippen LogP contribution in [0, 0.1) is 13.8 Å². The molecule has 2 heterocycles. The SMILES string of the molecule is Cc1cc(C)c2c(Br)noc2n1. The molecule has 0 aliphatic carbocycles. The molecule has 0 aliphatic rings. The zero-order valence-corrected chi connectivity index (χ0v) is 8.34. The van der Waals surface area contributed by atoms with E-state index in [1.807, 2.05) is 19.9 Å². The second-order valence-corrected chi connectivity index (χ2v) is 3.49. The molecule has 0 aromatic carbocycles. The number of hydrogen-bond acceptors (Lipinski definition) is 3. The van der Waals surface area contributed by atoms with Gasteiger partial charge in [-0.15, -0.1) is 0 Å². The maximum Gasteiger partial charge on any atom is 0.259 e. The third-order valence-electron chi connectivity index (χ3n) is 1.73. The Balaban J connectivity index is 2.93. The maximum atomic E-state index is 5.00. The lowest BCUT2D eigenvalue weighted by atomic mass is 10.2. The number of hydrogen-bond donors (Lipinski definition) is 0. The molecule has 0 aliphatic heterocycles. The van der Waals surface area contributed by atoms with Gasteiger partial charge in [0, 0.05) is 5.69 Å². The molecule has 0 fully saturated rings. The van der Waals surface area contributed by atoms with Gasteiger partial charge < -0.3 is 4.52 Å². The summed E-state index contributed by atoms with van der Waals surface area (Å²) in [4.78, 5) is 4.20. The molecule has 0 bridgehead atoms. The van der Waals surface area contributed by atoms with E-state index in [2.05, 4.69) is 26.1 Å². The van der Waals surface area contributed by atoms with Crippen LogP contribution in [0.15, 0.2) is 15.2 Å². The summed E-state index contributed by atoms with van der Waals surface area (Å²) in [6.07, 6.45) is 0. The Bertz CT molecular complexity index is 436. The summed E-state index contributed by atoms with van der Waals surface area (Å²) in [5.74, 6) is 0. The highest BCUT2D eigenvalue weighted by Gasteiger charge is 2.09. The predicted molar refractivity (Wildman–Crippen MR) is 49.0 cm³/mol. The minimum absolute atomic E-state index is 0.597. The minimum Gasteiger partial charge on any atom is -0.335 e. The molecule has 2 rings (SSSR count). The summed E-state index contributed by atoms with van der Waals surface area (Å²) in [6, 6.07) is 2.00. The highest BCUT2D eigenvalue weighted by molar-refractivity contribution is 9.10. The smallest absolute Gasteiger partial charge is 0.259 e. The third kappa shape index (κ3) is 1.03. The zero-order valence-electron chi connectivity index (χ0n) is 6.76. The molecule has 2 aromatic rings. The number of pyridine rings is 1. The van der Waals surface area contributed by atoms with E-state index >= 15 is 0 Å². The van der Waals surface area contributed by atoms with Crippen molar-refractivity contribution < 1.29 is 4.52 Å². The van der Waals surface area contributed by atoms with Crippen LogP contribution in [0.4, 0.5) is 0 Å². The van der Waals surface area contributed by atoms with Crippen LogP contribution in [-0.4, -0.2) is 10.1 Å². The highest BCUT2D eigenvalue weighted by atomic mass is 79.9. The Morgan fingerprint density at radius 3 is 2.92 bits per heavy atom. The first-order valence-corrected chi connectivity index (χ1v) is 4.37. The minimum atomic E-state index is 0.597. The average molecular weight is 227 g/mol. The lowest BCUT2D eigenvalue weighted by Gasteiger charge is -1.95. The van der Waals surface area contributed by atoms with Gasteiger partial charge in [0.1, 0.15) is 0 Å². The van der Waals surface area contributed by atoms with Crippen LogP contribution in [-0.2, 0) is 0 Å². The van der Waals surface area contributed by atoms with Gasteiger partial charge in [-0.05, 0) is 41.4 Å². The molecule has 0 amide bonds. The summed E-state index contributed by atoms with van der Waals surface area (Å²) in [6.45, 7) is 3.95. The lowest BCUT2D eigenvalue weighted by molar-refractivity contribution is 0.443. The molecule has 0 N–H and O–H groups in total. The molecule has 0 atom stereocenters. The van der Waals surface area contributed by atoms with Crippen molar-refractivity contribution >= 4 is 27.0 Å². The van der Waals surface area contributed by atoms with Crippen molar-refractivity contribution in [1.29, 1.82) is 0 Å². The van der Waals surface area contributed by atoms with Gasteiger partial charge in [0.15, 0.2) is 4.60 Å². The van der Waals surface area contributed by atoms with E-state index in [0.717, 1.165) is 21.2 Å². The fourth-order valence-electron chi connectivity index (χ4n) is 1.25. The fourth-order valence-corrected chi connectivity index (χ4v) is 1.80. The number of rotatable bonds is 0. The molecule has 0 unspecified atom stereocenters. The Kier molecular flexibility index (Phi) is 1.65. The first-order chi connectivity index (χ1) is 5.68. The Hall–Kier alpha value is -0.900. The Labute approximate surface area is 77.9 Å². The van der Waals surface area contributed by atoms with Gasteiger partial charge in [0.2, 0.25) is 0 Å². The summed E-state index contributed by atoms with van der Waals surface area (Å²) in [5.41, 5.74) is 2.67. The fraction of sp³-hybridized carbons (Fsp3) is 0.250. The highest BCUT2D eigenvalue weighted by Crippen LogP contribution is 2.25. The second-order valence-electron chi connectivity index (χ2n) is 2.73. The van der Waals surface area contributed by atoms with Crippen LogP contribution in [0.1, 0.15) is 11.3 Å². The van der Waals surface area contributed by atoms with Crippen molar-refractivity contribution in [2.45, 2.75) is 13.8 Å². The first kappa shape index (κ1) is 7.73. The summed E-state index contributed by atoms with van der Waals surface area (Å²) < 4.78 is 5.73. The van der Waals surface area contributed by atoms with Gasteiger partial charge in [-0.1, -0.05) is 5.16 Å². The molecule has 4 heteroatoms. The van der Waals surface area contributed by atoms with Crippen molar-refractivity contribution in [2.75, 3.05) is 0 Å². The van der Waals surface area contributed by atoms with Gasteiger partial charge in [0.05, 0.1) is 5.39 Å². The molecule has 2 aromatic heterocycles. The first-order valence-electron chi connectivity index (χ1n) is 3.57. The van der Waals surface area contributed by atoms with Crippen LogP contribution in [0.5, 0.6) is 0 Å². The van der Waals surface area contributed by atoms with Crippen molar-refractivity contribution in [3.05, 3.63) is 21.9 Å². The third-order valence-corrected chi connectivity index (χ3v) is 2.27. The molecule has 0 saturated heterocycles. The van der Waals surface area contributed by atoms with Gasteiger partial charge in [-0.3, -0.25) is 0 Å².